The van der Waals surface area contributed by atoms with Crippen molar-refractivity contribution in [2.75, 3.05) is 32.8 Å². The summed E-state index contributed by atoms with van der Waals surface area (Å²) >= 11 is 0. The molecule has 0 radical (unpaired) electrons. The summed E-state index contributed by atoms with van der Waals surface area (Å²) in [5, 5.41) is 10.00. The number of aliphatic carboxylic acids is 1. The van der Waals surface area contributed by atoms with Gasteiger partial charge in [-0.15, -0.1) is 0 Å². The maximum absolute atomic E-state index is 13.0. The molecule has 1 fully saturated rings. The summed E-state index contributed by atoms with van der Waals surface area (Å²) in [6.07, 6.45) is 1.30. The smallest absolute Gasteiger partial charge is 0.475 e. The number of pyridine rings is 1. The minimum Gasteiger partial charge on any atom is -0.475 e. The molecular formula is C27H25F3N4O5. The van der Waals surface area contributed by atoms with Crippen molar-refractivity contribution in [3.05, 3.63) is 76.7 Å². The summed E-state index contributed by atoms with van der Waals surface area (Å²) in [7, 11) is 0. The maximum atomic E-state index is 13.0. The monoisotopic (exact) mass is 542 g/mol. The summed E-state index contributed by atoms with van der Waals surface area (Å²) in [5.74, 6) is -2.78. The van der Waals surface area contributed by atoms with Gasteiger partial charge in [-0.1, -0.05) is 24.3 Å². The number of benzene rings is 1. The van der Waals surface area contributed by atoms with Crippen LogP contribution in [0.3, 0.4) is 0 Å². The van der Waals surface area contributed by atoms with Crippen LogP contribution < -0.4 is 5.32 Å². The summed E-state index contributed by atoms with van der Waals surface area (Å²) < 4.78 is 37.1. The summed E-state index contributed by atoms with van der Waals surface area (Å²) in [4.78, 5) is 43.6. The second-order valence-electron chi connectivity index (χ2n) is 8.68. The molecule has 39 heavy (non-hydrogen) atoms. The topological polar surface area (TPSA) is 125 Å². The highest BCUT2D eigenvalue weighted by Crippen LogP contribution is 2.25. The highest BCUT2D eigenvalue weighted by molar-refractivity contribution is 5.99. The number of hydrogen-bond acceptors (Lipinski definition) is 5. The van der Waals surface area contributed by atoms with Gasteiger partial charge in [0, 0.05) is 54.8 Å². The van der Waals surface area contributed by atoms with Crippen molar-refractivity contribution in [1.82, 2.24) is 20.2 Å². The fourth-order valence-electron chi connectivity index (χ4n) is 4.11. The van der Waals surface area contributed by atoms with Gasteiger partial charge in [-0.05, 0) is 35.9 Å². The third-order valence-electron chi connectivity index (χ3n) is 6.06. The van der Waals surface area contributed by atoms with Crippen molar-refractivity contribution < 1.29 is 37.4 Å². The number of nitrogens with zero attached hydrogens (tertiary/aromatic N) is 2. The number of carboxylic acid groups (broad SMARTS) is 1. The molecule has 1 saturated heterocycles. The second kappa shape index (κ2) is 11.9. The number of amides is 2. The number of carbonyl (C=O) groups excluding carboxylic acids is 2. The maximum Gasteiger partial charge on any atom is 0.490 e. The Labute approximate surface area is 221 Å². The van der Waals surface area contributed by atoms with Crippen molar-refractivity contribution in [3.63, 3.8) is 0 Å². The normalized spacial score (nSPS) is 15.3. The zero-order valence-corrected chi connectivity index (χ0v) is 20.6. The Bertz CT molecular complexity index is 1390. The van der Waals surface area contributed by atoms with E-state index < -0.39 is 12.1 Å². The summed E-state index contributed by atoms with van der Waals surface area (Å²) in [6, 6.07) is 13.4. The first kappa shape index (κ1) is 27.6. The molecule has 2 aliphatic rings. The lowest BCUT2D eigenvalue weighted by Crippen LogP contribution is -2.40. The average Bonchev–Trinajstić information content (AvgIpc) is 3.38. The molecule has 5 rings (SSSR count). The Morgan fingerprint density at radius 3 is 2.49 bits per heavy atom. The number of hydrogen-bond donors (Lipinski definition) is 3. The zero-order valence-electron chi connectivity index (χ0n) is 20.6. The number of nitrogens with one attached hydrogen (secondary N) is 2. The predicted octanol–water partition coefficient (Wildman–Crippen LogP) is 3.64. The Balaban J connectivity index is 0.000000448. The van der Waals surface area contributed by atoms with Crippen molar-refractivity contribution in [3.8, 4) is 11.3 Å². The number of alkyl halides is 3. The predicted molar refractivity (Wildman–Crippen MR) is 136 cm³/mol. The number of carbonyl (C=O) groups is 3. The molecule has 0 spiro atoms. The van der Waals surface area contributed by atoms with Crippen LogP contribution in [-0.4, -0.2) is 76.8 Å². The van der Waals surface area contributed by atoms with Gasteiger partial charge in [-0.2, -0.15) is 13.2 Å². The van der Waals surface area contributed by atoms with Crippen LogP contribution in [0.15, 0.2) is 48.7 Å². The van der Waals surface area contributed by atoms with Gasteiger partial charge >= 0.3 is 12.1 Å². The second-order valence-corrected chi connectivity index (χ2v) is 8.68. The number of halogens is 3. The van der Waals surface area contributed by atoms with Gasteiger partial charge in [0.2, 0.25) is 0 Å². The lowest BCUT2D eigenvalue weighted by atomic mass is 10.0. The van der Waals surface area contributed by atoms with Crippen LogP contribution in [0.1, 0.15) is 37.7 Å². The Hall–Kier alpha value is -4.45. The van der Waals surface area contributed by atoms with E-state index in [0.717, 1.165) is 34.6 Å². The number of carboxylic acids is 1. The third kappa shape index (κ3) is 6.90. The zero-order chi connectivity index (χ0) is 28.0. The van der Waals surface area contributed by atoms with E-state index in [2.05, 4.69) is 15.3 Å². The SMILES string of the molecule is O=C(O)C(F)(F)F.O=C1NCCc2[nH]c(-c3ccnc(/C=C/c4ccccc4C(=O)N4CCOCC4)c3)cc21. The van der Waals surface area contributed by atoms with E-state index in [1.165, 1.54) is 0 Å². The third-order valence-corrected chi connectivity index (χ3v) is 6.06. The van der Waals surface area contributed by atoms with Crippen LogP contribution in [0.25, 0.3) is 23.4 Å². The molecule has 9 nitrogen and oxygen atoms in total. The average molecular weight is 543 g/mol. The fourth-order valence-corrected chi connectivity index (χ4v) is 4.11. The van der Waals surface area contributed by atoms with Crippen molar-refractivity contribution in [2.24, 2.45) is 0 Å². The lowest BCUT2D eigenvalue weighted by molar-refractivity contribution is -0.192. The largest absolute Gasteiger partial charge is 0.490 e. The molecule has 0 saturated carbocycles. The standard InChI is InChI=1S/C25H24N4O3.C2HF3O2/c30-24-21-16-23(28-22(21)8-10-27-24)18-7-9-26-19(15-18)6-5-17-3-1-2-4-20(17)25(31)29-11-13-32-14-12-29;3-2(4,5)1(6)7/h1-7,9,15-16,28H,8,10-14H2,(H,27,30);(H,6,7)/b6-5+;. The van der Waals surface area contributed by atoms with Crippen LogP contribution in [-0.2, 0) is 16.0 Å². The highest BCUT2D eigenvalue weighted by Gasteiger charge is 2.38. The molecule has 3 N–H and O–H groups in total. The molecule has 0 bridgehead atoms. The fraction of sp³-hybridized carbons (Fsp3) is 0.259. The molecular weight excluding hydrogens is 517 g/mol. The van der Waals surface area contributed by atoms with E-state index in [1.807, 2.05) is 59.5 Å². The van der Waals surface area contributed by atoms with E-state index in [9.17, 15) is 22.8 Å². The van der Waals surface area contributed by atoms with Crippen LogP contribution in [0.2, 0.25) is 0 Å². The van der Waals surface area contributed by atoms with Crippen molar-refractivity contribution in [1.29, 1.82) is 0 Å². The minimum absolute atomic E-state index is 0.0190. The number of aromatic nitrogens is 2. The first-order chi connectivity index (χ1) is 18.6. The molecule has 1 aromatic carbocycles. The first-order valence-electron chi connectivity index (χ1n) is 12.0. The van der Waals surface area contributed by atoms with Crippen molar-refractivity contribution in [2.45, 2.75) is 12.6 Å². The van der Waals surface area contributed by atoms with E-state index in [1.54, 1.807) is 6.20 Å². The van der Waals surface area contributed by atoms with Crippen LogP contribution in [0, 0.1) is 0 Å². The minimum atomic E-state index is -5.08. The molecule has 2 aliphatic heterocycles. The first-order valence-corrected chi connectivity index (χ1v) is 12.0. The molecule has 2 amide bonds. The molecule has 3 aromatic rings. The molecule has 204 valence electrons. The van der Waals surface area contributed by atoms with Gasteiger partial charge in [-0.25, -0.2) is 4.79 Å². The van der Waals surface area contributed by atoms with E-state index in [0.29, 0.717) is 44.0 Å². The lowest BCUT2D eigenvalue weighted by Gasteiger charge is -2.27. The Morgan fingerprint density at radius 1 is 1.08 bits per heavy atom. The van der Waals surface area contributed by atoms with Crippen LogP contribution in [0.4, 0.5) is 13.2 Å². The number of aromatic amines is 1. The van der Waals surface area contributed by atoms with Crippen LogP contribution >= 0.6 is 0 Å². The van der Waals surface area contributed by atoms with Gasteiger partial charge in [-0.3, -0.25) is 14.6 Å². The molecule has 12 heteroatoms. The number of ether oxygens (including phenoxy) is 1. The number of morpholine rings is 1. The molecule has 2 aromatic heterocycles. The summed E-state index contributed by atoms with van der Waals surface area (Å²) in [6.45, 7) is 3.02. The Morgan fingerprint density at radius 2 is 1.79 bits per heavy atom. The Kier molecular flexibility index (Phi) is 8.45. The number of H-pyrrole nitrogens is 1. The van der Waals surface area contributed by atoms with Gasteiger partial charge in [0.25, 0.3) is 11.8 Å². The van der Waals surface area contributed by atoms with E-state index in [4.69, 9.17) is 14.6 Å². The van der Waals surface area contributed by atoms with Gasteiger partial charge in [0.1, 0.15) is 0 Å². The van der Waals surface area contributed by atoms with Crippen molar-refractivity contribution >= 4 is 29.9 Å². The molecule has 4 heterocycles. The van der Waals surface area contributed by atoms with Crippen LogP contribution in [0.5, 0.6) is 0 Å². The van der Waals surface area contributed by atoms with Gasteiger partial charge in [0.05, 0.1) is 24.5 Å². The number of rotatable bonds is 4. The van der Waals surface area contributed by atoms with E-state index in [-0.39, 0.29) is 11.8 Å². The molecule has 0 aliphatic carbocycles. The quantitative estimate of drug-likeness (QED) is 0.463. The van der Waals surface area contributed by atoms with E-state index >= 15 is 0 Å². The summed E-state index contributed by atoms with van der Waals surface area (Å²) in [5.41, 5.74) is 5.82. The van der Waals surface area contributed by atoms with Gasteiger partial charge in [0.15, 0.2) is 0 Å². The highest BCUT2D eigenvalue weighted by atomic mass is 19.4. The van der Waals surface area contributed by atoms with Gasteiger partial charge < -0.3 is 25.0 Å². The number of fused-ring (bicyclic) bond motifs is 1. The molecule has 0 unspecified atom stereocenters. The molecule has 0 atom stereocenters.